The highest BCUT2D eigenvalue weighted by Gasteiger charge is 2.13. The minimum Gasteiger partial charge on any atom is -0.143 e. The average Bonchev–Trinajstić information content (AvgIpc) is 2.64. The van der Waals surface area contributed by atoms with Crippen LogP contribution in [0.15, 0.2) is 0 Å². The number of rotatable bonds is 4. The summed E-state index contributed by atoms with van der Waals surface area (Å²) in [5.41, 5.74) is 0. The van der Waals surface area contributed by atoms with Crippen molar-refractivity contribution in [1.29, 1.82) is 0 Å². The smallest absolute Gasteiger partial charge is 0.120 e. The summed E-state index contributed by atoms with van der Waals surface area (Å²) in [5.74, 6) is 1.13. The first kappa shape index (κ1) is 10.6. The van der Waals surface area contributed by atoms with Gasteiger partial charge in [-0.3, -0.25) is 0 Å². The lowest BCUT2D eigenvalue weighted by molar-refractivity contribution is 0.695. The molecular weight excluding hydrogens is 180 g/mol. The van der Waals surface area contributed by atoms with Crippen molar-refractivity contribution in [1.82, 2.24) is 10.2 Å². The number of aromatic nitrogens is 2. The SMILES string of the molecule is CCC(C)c1nnc(C(C)CC)s1. The summed E-state index contributed by atoms with van der Waals surface area (Å²) >= 11 is 1.78. The molecule has 0 aromatic carbocycles. The fourth-order valence-electron chi connectivity index (χ4n) is 0.994. The molecule has 13 heavy (non-hydrogen) atoms. The van der Waals surface area contributed by atoms with E-state index < -0.39 is 0 Å². The molecule has 2 atom stereocenters. The summed E-state index contributed by atoms with van der Waals surface area (Å²) in [5, 5.41) is 10.8. The Hall–Kier alpha value is -0.440. The second-order valence-electron chi connectivity index (χ2n) is 3.60. The summed E-state index contributed by atoms with van der Waals surface area (Å²) in [4.78, 5) is 0. The molecule has 0 radical (unpaired) electrons. The fraction of sp³-hybridized carbons (Fsp3) is 0.800. The van der Waals surface area contributed by atoms with E-state index in [1.54, 1.807) is 11.3 Å². The quantitative estimate of drug-likeness (QED) is 0.739. The molecule has 1 aromatic rings. The van der Waals surface area contributed by atoms with Crippen molar-refractivity contribution in [2.45, 2.75) is 52.4 Å². The highest BCUT2D eigenvalue weighted by Crippen LogP contribution is 2.27. The van der Waals surface area contributed by atoms with Crippen LogP contribution >= 0.6 is 11.3 Å². The van der Waals surface area contributed by atoms with Gasteiger partial charge in [0.2, 0.25) is 0 Å². The lowest BCUT2D eigenvalue weighted by Crippen LogP contribution is -1.89. The summed E-state index contributed by atoms with van der Waals surface area (Å²) < 4.78 is 0. The van der Waals surface area contributed by atoms with Crippen molar-refractivity contribution in [3.8, 4) is 0 Å². The normalized spacial score (nSPS) is 15.7. The van der Waals surface area contributed by atoms with Crippen molar-refractivity contribution < 1.29 is 0 Å². The Bertz CT molecular complexity index is 233. The molecule has 0 aliphatic heterocycles. The summed E-state index contributed by atoms with van der Waals surface area (Å²) in [6.07, 6.45) is 2.30. The van der Waals surface area contributed by atoms with E-state index in [0.717, 1.165) is 12.8 Å². The highest BCUT2D eigenvalue weighted by atomic mass is 32.1. The van der Waals surface area contributed by atoms with Crippen LogP contribution in [-0.2, 0) is 0 Å². The first-order chi connectivity index (χ1) is 6.19. The van der Waals surface area contributed by atoms with Crippen molar-refractivity contribution >= 4 is 11.3 Å². The summed E-state index contributed by atoms with van der Waals surface area (Å²) in [7, 11) is 0. The number of hydrogen-bond donors (Lipinski definition) is 0. The van der Waals surface area contributed by atoms with Crippen LogP contribution in [0.25, 0.3) is 0 Å². The molecule has 2 nitrogen and oxygen atoms in total. The molecule has 0 spiro atoms. The van der Waals surface area contributed by atoms with E-state index in [4.69, 9.17) is 0 Å². The molecule has 2 unspecified atom stereocenters. The Kier molecular flexibility index (Phi) is 3.85. The zero-order valence-electron chi connectivity index (χ0n) is 8.87. The molecule has 0 aliphatic rings. The summed E-state index contributed by atoms with van der Waals surface area (Å²) in [6, 6.07) is 0. The van der Waals surface area contributed by atoms with Crippen LogP contribution in [-0.4, -0.2) is 10.2 Å². The maximum Gasteiger partial charge on any atom is 0.120 e. The minimum atomic E-state index is 0.565. The zero-order chi connectivity index (χ0) is 9.84. The van der Waals surface area contributed by atoms with Crippen LogP contribution in [0.5, 0.6) is 0 Å². The van der Waals surface area contributed by atoms with Gasteiger partial charge in [-0.05, 0) is 12.8 Å². The molecule has 1 aromatic heterocycles. The van der Waals surface area contributed by atoms with E-state index in [2.05, 4.69) is 37.9 Å². The van der Waals surface area contributed by atoms with Gasteiger partial charge < -0.3 is 0 Å². The molecular formula is C10H18N2S. The van der Waals surface area contributed by atoms with Crippen molar-refractivity contribution in [3.63, 3.8) is 0 Å². The van der Waals surface area contributed by atoms with Gasteiger partial charge in [0.05, 0.1) is 0 Å². The Balaban J connectivity index is 2.74. The Labute approximate surface area is 84.4 Å². The van der Waals surface area contributed by atoms with Gasteiger partial charge in [-0.1, -0.05) is 27.7 Å². The van der Waals surface area contributed by atoms with E-state index >= 15 is 0 Å². The second-order valence-corrected chi connectivity index (χ2v) is 4.64. The van der Waals surface area contributed by atoms with Crippen molar-refractivity contribution in [2.75, 3.05) is 0 Å². The van der Waals surface area contributed by atoms with Gasteiger partial charge in [-0.25, -0.2) is 0 Å². The summed E-state index contributed by atoms with van der Waals surface area (Å²) in [6.45, 7) is 8.80. The van der Waals surface area contributed by atoms with E-state index in [-0.39, 0.29) is 0 Å². The number of nitrogens with zero attached hydrogens (tertiary/aromatic N) is 2. The van der Waals surface area contributed by atoms with Crippen LogP contribution in [0.2, 0.25) is 0 Å². The lowest BCUT2D eigenvalue weighted by atomic mass is 10.1. The molecule has 0 aliphatic carbocycles. The standard InChI is InChI=1S/C10H18N2S/c1-5-7(3)9-11-12-10(13-9)8(4)6-2/h7-8H,5-6H2,1-4H3. The maximum atomic E-state index is 4.22. The van der Waals surface area contributed by atoms with Crippen LogP contribution < -0.4 is 0 Å². The zero-order valence-corrected chi connectivity index (χ0v) is 9.69. The average molecular weight is 198 g/mol. The molecule has 0 N–H and O–H groups in total. The molecule has 74 valence electrons. The van der Waals surface area contributed by atoms with E-state index in [1.807, 2.05) is 0 Å². The minimum absolute atomic E-state index is 0.565. The first-order valence-corrected chi connectivity index (χ1v) is 5.83. The predicted molar refractivity (Wildman–Crippen MR) is 57.3 cm³/mol. The van der Waals surface area contributed by atoms with Gasteiger partial charge >= 0.3 is 0 Å². The number of hydrogen-bond acceptors (Lipinski definition) is 3. The Morgan fingerprint density at radius 2 is 1.38 bits per heavy atom. The van der Waals surface area contributed by atoms with E-state index in [0.29, 0.717) is 11.8 Å². The highest BCUT2D eigenvalue weighted by molar-refractivity contribution is 7.11. The van der Waals surface area contributed by atoms with Crippen molar-refractivity contribution in [3.05, 3.63) is 10.0 Å². The van der Waals surface area contributed by atoms with Crippen LogP contribution in [0.3, 0.4) is 0 Å². The third kappa shape index (κ3) is 2.50. The second kappa shape index (κ2) is 4.70. The lowest BCUT2D eigenvalue weighted by Gasteiger charge is -2.02. The molecule has 0 bridgehead atoms. The van der Waals surface area contributed by atoms with E-state index in [1.165, 1.54) is 10.0 Å². The van der Waals surface area contributed by atoms with Crippen LogP contribution in [0.1, 0.15) is 62.4 Å². The fourth-order valence-corrected chi connectivity index (χ4v) is 2.11. The molecule has 0 saturated heterocycles. The van der Waals surface area contributed by atoms with Crippen molar-refractivity contribution in [2.24, 2.45) is 0 Å². The van der Waals surface area contributed by atoms with Crippen LogP contribution in [0, 0.1) is 0 Å². The largest absolute Gasteiger partial charge is 0.143 e. The third-order valence-electron chi connectivity index (χ3n) is 2.52. The van der Waals surface area contributed by atoms with Crippen LogP contribution in [0.4, 0.5) is 0 Å². The Morgan fingerprint density at radius 3 is 1.69 bits per heavy atom. The maximum absolute atomic E-state index is 4.22. The Morgan fingerprint density at radius 1 is 1.00 bits per heavy atom. The monoisotopic (exact) mass is 198 g/mol. The molecule has 1 heterocycles. The van der Waals surface area contributed by atoms with Gasteiger partial charge in [0.15, 0.2) is 0 Å². The molecule has 0 saturated carbocycles. The van der Waals surface area contributed by atoms with Gasteiger partial charge in [0.1, 0.15) is 10.0 Å². The molecule has 1 rings (SSSR count). The van der Waals surface area contributed by atoms with E-state index in [9.17, 15) is 0 Å². The molecule has 0 amide bonds. The third-order valence-corrected chi connectivity index (χ3v) is 3.91. The first-order valence-electron chi connectivity index (χ1n) is 5.02. The van der Waals surface area contributed by atoms with Gasteiger partial charge in [-0.2, -0.15) is 0 Å². The van der Waals surface area contributed by atoms with Gasteiger partial charge in [0, 0.05) is 11.8 Å². The van der Waals surface area contributed by atoms with Gasteiger partial charge in [0.25, 0.3) is 0 Å². The molecule has 3 heteroatoms. The predicted octanol–water partition coefficient (Wildman–Crippen LogP) is 3.57. The topological polar surface area (TPSA) is 25.8 Å². The molecule has 0 fully saturated rings. The van der Waals surface area contributed by atoms with Gasteiger partial charge in [-0.15, -0.1) is 21.5 Å².